The third-order valence-corrected chi connectivity index (χ3v) is 3.39. The Hall–Kier alpha value is -1.59. The summed E-state index contributed by atoms with van der Waals surface area (Å²) < 4.78 is 0. The van der Waals surface area contributed by atoms with Crippen LogP contribution in [0, 0.1) is 0 Å². The molecule has 0 radical (unpaired) electrons. The van der Waals surface area contributed by atoms with Crippen molar-refractivity contribution < 1.29 is 14.4 Å². The Kier molecular flexibility index (Phi) is 5.79. The second-order valence-corrected chi connectivity index (χ2v) is 4.88. The Balaban J connectivity index is 2.46. The second-order valence-electron chi connectivity index (χ2n) is 4.88. The van der Waals surface area contributed by atoms with Gasteiger partial charge in [0, 0.05) is 46.7 Å². The Morgan fingerprint density at radius 1 is 1.05 bits per heavy atom. The molecule has 1 heterocycles. The molecule has 0 unspecified atom stereocenters. The Morgan fingerprint density at radius 2 is 1.58 bits per heavy atom. The maximum absolute atomic E-state index is 12.0. The molecule has 1 aliphatic heterocycles. The normalized spacial score (nSPS) is 15.3. The zero-order valence-corrected chi connectivity index (χ0v) is 12.0. The van der Waals surface area contributed by atoms with Gasteiger partial charge >= 0.3 is 11.8 Å². The average molecular weight is 269 g/mol. The van der Waals surface area contributed by atoms with Gasteiger partial charge in [-0.25, -0.2) is 0 Å². The number of likely N-dealkylation sites (N-methyl/N-ethyl adjacent to an activating group) is 1. The number of piperazine rings is 1. The van der Waals surface area contributed by atoms with Crippen LogP contribution in [0.3, 0.4) is 0 Å². The van der Waals surface area contributed by atoms with E-state index in [1.54, 1.807) is 11.9 Å². The topological polar surface area (TPSA) is 60.9 Å². The van der Waals surface area contributed by atoms with Crippen molar-refractivity contribution in [2.45, 2.75) is 26.7 Å². The molecule has 0 aromatic carbocycles. The number of hydrogen-bond donors (Lipinski definition) is 0. The fourth-order valence-corrected chi connectivity index (χ4v) is 2.02. The highest BCUT2D eigenvalue weighted by molar-refractivity contribution is 6.34. The Bertz CT molecular complexity index is 349. The zero-order chi connectivity index (χ0) is 14.4. The molecule has 1 aliphatic rings. The third kappa shape index (κ3) is 4.22. The van der Waals surface area contributed by atoms with E-state index in [4.69, 9.17) is 0 Å². The molecule has 1 saturated heterocycles. The van der Waals surface area contributed by atoms with Crippen molar-refractivity contribution >= 4 is 17.7 Å². The molecule has 108 valence electrons. The summed E-state index contributed by atoms with van der Waals surface area (Å²) in [5, 5.41) is 0. The van der Waals surface area contributed by atoms with Gasteiger partial charge in [-0.15, -0.1) is 0 Å². The molecule has 0 spiro atoms. The number of hydrogen-bond acceptors (Lipinski definition) is 3. The number of carbonyl (C=O) groups excluding carboxylic acids is 3. The maximum atomic E-state index is 12.0. The van der Waals surface area contributed by atoms with Gasteiger partial charge in [0.1, 0.15) is 0 Å². The molecule has 1 fully saturated rings. The van der Waals surface area contributed by atoms with E-state index in [0.717, 1.165) is 12.8 Å². The second kappa shape index (κ2) is 7.11. The highest BCUT2D eigenvalue weighted by atomic mass is 16.2. The summed E-state index contributed by atoms with van der Waals surface area (Å²) in [6.07, 6.45) is 1.89. The van der Waals surface area contributed by atoms with E-state index in [2.05, 4.69) is 0 Å². The maximum Gasteiger partial charge on any atom is 0.312 e. The van der Waals surface area contributed by atoms with Gasteiger partial charge in [0.05, 0.1) is 0 Å². The van der Waals surface area contributed by atoms with Crippen molar-refractivity contribution in [3.8, 4) is 0 Å². The summed E-state index contributed by atoms with van der Waals surface area (Å²) >= 11 is 0. The molecule has 19 heavy (non-hydrogen) atoms. The van der Waals surface area contributed by atoms with Crippen LogP contribution in [0.2, 0.25) is 0 Å². The minimum Gasteiger partial charge on any atom is -0.339 e. The lowest BCUT2D eigenvalue weighted by Gasteiger charge is -2.34. The lowest BCUT2D eigenvalue weighted by molar-refractivity contribution is -0.152. The van der Waals surface area contributed by atoms with Gasteiger partial charge in [0.2, 0.25) is 5.91 Å². The highest BCUT2D eigenvalue weighted by Crippen LogP contribution is 2.04. The molecule has 0 aromatic rings. The van der Waals surface area contributed by atoms with Crippen LogP contribution in [-0.2, 0) is 14.4 Å². The first kappa shape index (κ1) is 15.5. The number of carbonyl (C=O) groups is 3. The van der Waals surface area contributed by atoms with Crippen molar-refractivity contribution in [2.24, 2.45) is 0 Å². The first-order valence-corrected chi connectivity index (χ1v) is 6.77. The standard InChI is InChI=1S/C13H23N3O3/c1-4-5-6-14(3)12(18)13(19)16-9-7-15(8-10-16)11(2)17/h4-10H2,1-3H3. The van der Waals surface area contributed by atoms with Crippen LogP contribution in [0.25, 0.3) is 0 Å². The quantitative estimate of drug-likeness (QED) is 0.674. The first-order valence-electron chi connectivity index (χ1n) is 6.77. The summed E-state index contributed by atoms with van der Waals surface area (Å²) in [6.45, 7) is 6.05. The van der Waals surface area contributed by atoms with Crippen molar-refractivity contribution in [1.82, 2.24) is 14.7 Å². The highest BCUT2D eigenvalue weighted by Gasteiger charge is 2.28. The fraction of sp³-hybridized carbons (Fsp3) is 0.769. The van der Waals surface area contributed by atoms with Gasteiger partial charge in [-0.05, 0) is 6.42 Å². The zero-order valence-electron chi connectivity index (χ0n) is 12.0. The lowest BCUT2D eigenvalue weighted by Crippen LogP contribution is -2.53. The van der Waals surface area contributed by atoms with E-state index in [-0.39, 0.29) is 5.91 Å². The van der Waals surface area contributed by atoms with Gasteiger partial charge in [0.15, 0.2) is 0 Å². The summed E-state index contributed by atoms with van der Waals surface area (Å²) in [4.78, 5) is 39.8. The van der Waals surface area contributed by atoms with E-state index in [9.17, 15) is 14.4 Å². The van der Waals surface area contributed by atoms with Crippen LogP contribution in [0.15, 0.2) is 0 Å². The van der Waals surface area contributed by atoms with Gasteiger partial charge in [-0.1, -0.05) is 13.3 Å². The van der Waals surface area contributed by atoms with Gasteiger partial charge in [-0.2, -0.15) is 0 Å². The van der Waals surface area contributed by atoms with E-state index in [1.807, 2.05) is 6.92 Å². The fourth-order valence-electron chi connectivity index (χ4n) is 2.02. The minimum absolute atomic E-state index is 0.0125. The smallest absolute Gasteiger partial charge is 0.312 e. The predicted molar refractivity (Wildman–Crippen MR) is 71.4 cm³/mol. The molecule has 0 aromatic heterocycles. The van der Waals surface area contributed by atoms with Crippen molar-refractivity contribution in [1.29, 1.82) is 0 Å². The third-order valence-electron chi connectivity index (χ3n) is 3.39. The monoisotopic (exact) mass is 269 g/mol. The van der Waals surface area contributed by atoms with Crippen molar-refractivity contribution in [3.05, 3.63) is 0 Å². The van der Waals surface area contributed by atoms with Gasteiger partial charge in [-0.3, -0.25) is 14.4 Å². The molecule has 0 saturated carbocycles. The SMILES string of the molecule is CCCCN(C)C(=O)C(=O)N1CCN(C(C)=O)CC1. The van der Waals surface area contributed by atoms with Crippen LogP contribution >= 0.6 is 0 Å². The summed E-state index contributed by atoms with van der Waals surface area (Å²) in [5.41, 5.74) is 0. The van der Waals surface area contributed by atoms with E-state index < -0.39 is 11.8 Å². The number of rotatable bonds is 3. The Morgan fingerprint density at radius 3 is 2.05 bits per heavy atom. The van der Waals surface area contributed by atoms with Crippen LogP contribution in [-0.4, -0.2) is 72.2 Å². The minimum atomic E-state index is -0.457. The molecule has 0 N–H and O–H groups in total. The van der Waals surface area contributed by atoms with Crippen LogP contribution in [0.5, 0.6) is 0 Å². The predicted octanol–water partition coefficient (Wildman–Crippen LogP) is -0.0644. The van der Waals surface area contributed by atoms with E-state index in [0.29, 0.717) is 32.7 Å². The summed E-state index contributed by atoms with van der Waals surface area (Å²) in [5.74, 6) is -0.898. The van der Waals surface area contributed by atoms with Crippen molar-refractivity contribution in [3.63, 3.8) is 0 Å². The van der Waals surface area contributed by atoms with Crippen LogP contribution in [0.4, 0.5) is 0 Å². The molecule has 0 bridgehead atoms. The number of unbranched alkanes of at least 4 members (excludes halogenated alkanes) is 1. The van der Waals surface area contributed by atoms with Gasteiger partial charge in [0.25, 0.3) is 0 Å². The molecule has 1 rings (SSSR count). The number of nitrogens with zero attached hydrogens (tertiary/aromatic N) is 3. The largest absolute Gasteiger partial charge is 0.339 e. The molecular weight excluding hydrogens is 246 g/mol. The number of amides is 3. The van der Waals surface area contributed by atoms with E-state index in [1.165, 1.54) is 16.7 Å². The molecule has 0 aliphatic carbocycles. The van der Waals surface area contributed by atoms with E-state index >= 15 is 0 Å². The average Bonchev–Trinajstić information content (AvgIpc) is 2.43. The molecule has 3 amide bonds. The lowest BCUT2D eigenvalue weighted by atomic mass is 10.3. The van der Waals surface area contributed by atoms with Crippen molar-refractivity contribution in [2.75, 3.05) is 39.8 Å². The summed E-state index contributed by atoms with van der Waals surface area (Å²) in [6, 6.07) is 0. The molecule has 6 nitrogen and oxygen atoms in total. The summed E-state index contributed by atoms with van der Waals surface area (Å²) in [7, 11) is 1.65. The molecular formula is C13H23N3O3. The molecule has 0 atom stereocenters. The molecule has 6 heteroatoms. The van der Waals surface area contributed by atoms with Crippen LogP contribution in [0.1, 0.15) is 26.7 Å². The van der Waals surface area contributed by atoms with Gasteiger partial charge < -0.3 is 14.7 Å². The first-order chi connectivity index (χ1) is 8.97. The van der Waals surface area contributed by atoms with Crippen LogP contribution < -0.4 is 0 Å². The Labute approximate surface area is 114 Å².